The standard InChI is InChI=1S/C23H19NO2/c1-2-16-8-10-18(11-9-16)24-19-12-13-20-21(25)15-22(26-23(20)14-19)17-6-4-3-5-7-17/h3-15,24H,2H2,1H3. The first-order valence-corrected chi connectivity index (χ1v) is 8.72. The molecular weight excluding hydrogens is 322 g/mol. The first-order valence-electron chi connectivity index (χ1n) is 8.72. The summed E-state index contributed by atoms with van der Waals surface area (Å²) >= 11 is 0. The van der Waals surface area contributed by atoms with Gasteiger partial charge in [-0.2, -0.15) is 0 Å². The molecule has 0 aliphatic heterocycles. The minimum atomic E-state index is -0.0380. The largest absolute Gasteiger partial charge is 0.456 e. The van der Waals surface area contributed by atoms with E-state index in [0.29, 0.717) is 16.7 Å². The minimum Gasteiger partial charge on any atom is -0.456 e. The third-order valence-corrected chi connectivity index (χ3v) is 4.44. The zero-order chi connectivity index (χ0) is 17.9. The molecule has 0 atom stereocenters. The topological polar surface area (TPSA) is 42.2 Å². The Bertz CT molecular complexity index is 1100. The number of aryl methyl sites for hydroxylation is 1. The first-order chi connectivity index (χ1) is 12.7. The van der Waals surface area contributed by atoms with E-state index in [0.717, 1.165) is 23.4 Å². The molecule has 0 bridgehead atoms. The Kier molecular flexibility index (Phi) is 4.28. The van der Waals surface area contributed by atoms with Crippen molar-refractivity contribution >= 4 is 22.3 Å². The van der Waals surface area contributed by atoms with Gasteiger partial charge >= 0.3 is 0 Å². The molecule has 26 heavy (non-hydrogen) atoms. The van der Waals surface area contributed by atoms with Gasteiger partial charge in [0.1, 0.15) is 11.3 Å². The molecule has 3 heteroatoms. The summed E-state index contributed by atoms with van der Waals surface area (Å²) in [7, 11) is 0. The Morgan fingerprint density at radius 3 is 2.31 bits per heavy atom. The molecule has 0 unspecified atom stereocenters. The van der Waals surface area contributed by atoms with Crippen LogP contribution in [0, 0.1) is 0 Å². The van der Waals surface area contributed by atoms with Crippen LogP contribution in [0.3, 0.4) is 0 Å². The Hall–Kier alpha value is -3.33. The highest BCUT2D eigenvalue weighted by molar-refractivity contribution is 5.83. The summed E-state index contributed by atoms with van der Waals surface area (Å²) in [6, 6.07) is 25.1. The van der Waals surface area contributed by atoms with Crippen molar-refractivity contribution in [3.63, 3.8) is 0 Å². The molecule has 0 aliphatic carbocycles. The second-order valence-corrected chi connectivity index (χ2v) is 6.23. The fourth-order valence-corrected chi connectivity index (χ4v) is 2.97. The molecule has 3 aromatic carbocycles. The third kappa shape index (κ3) is 3.24. The SMILES string of the molecule is CCc1ccc(Nc2ccc3c(=O)cc(-c4ccccc4)oc3c2)cc1. The van der Waals surface area contributed by atoms with Crippen LogP contribution in [-0.2, 0) is 6.42 Å². The van der Waals surface area contributed by atoms with Gasteiger partial charge in [0.25, 0.3) is 0 Å². The van der Waals surface area contributed by atoms with Crippen molar-refractivity contribution in [2.24, 2.45) is 0 Å². The maximum Gasteiger partial charge on any atom is 0.193 e. The number of rotatable bonds is 4. The van der Waals surface area contributed by atoms with Gasteiger partial charge in [-0.25, -0.2) is 0 Å². The number of anilines is 2. The lowest BCUT2D eigenvalue weighted by atomic mass is 10.1. The van der Waals surface area contributed by atoms with E-state index in [9.17, 15) is 4.79 Å². The monoisotopic (exact) mass is 341 g/mol. The maximum absolute atomic E-state index is 12.4. The van der Waals surface area contributed by atoms with Gasteiger partial charge in [0.15, 0.2) is 5.43 Å². The van der Waals surface area contributed by atoms with E-state index in [1.54, 1.807) is 12.1 Å². The summed E-state index contributed by atoms with van der Waals surface area (Å²) in [6.07, 6.45) is 1.02. The van der Waals surface area contributed by atoms with E-state index < -0.39 is 0 Å². The van der Waals surface area contributed by atoms with Crippen molar-refractivity contribution < 1.29 is 4.42 Å². The Labute approximate surface area is 151 Å². The van der Waals surface area contributed by atoms with Gasteiger partial charge in [-0.05, 0) is 36.2 Å². The van der Waals surface area contributed by atoms with Crippen LogP contribution in [0.1, 0.15) is 12.5 Å². The maximum atomic E-state index is 12.4. The molecule has 0 saturated heterocycles. The molecule has 128 valence electrons. The normalized spacial score (nSPS) is 10.8. The van der Waals surface area contributed by atoms with Crippen molar-refractivity contribution in [2.45, 2.75) is 13.3 Å². The Balaban J connectivity index is 1.72. The number of benzene rings is 3. The average Bonchev–Trinajstić information content (AvgIpc) is 2.69. The lowest BCUT2D eigenvalue weighted by molar-refractivity contribution is 0.619. The molecular formula is C23H19NO2. The average molecular weight is 341 g/mol. The summed E-state index contributed by atoms with van der Waals surface area (Å²) in [6.45, 7) is 2.14. The van der Waals surface area contributed by atoms with E-state index >= 15 is 0 Å². The highest BCUT2D eigenvalue weighted by Crippen LogP contribution is 2.25. The molecule has 0 fully saturated rings. The van der Waals surface area contributed by atoms with Crippen molar-refractivity contribution in [1.29, 1.82) is 0 Å². The molecule has 0 aliphatic rings. The van der Waals surface area contributed by atoms with Crippen LogP contribution in [0.5, 0.6) is 0 Å². The van der Waals surface area contributed by atoms with Crippen molar-refractivity contribution in [3.05, 3.63) is 94.6 Å². The van der Waals surface area contributed by atoms with Gasteiger partial charge in [0.2, 0.25) is 0 Å². The quantitative estimate of drug-likeness (QED) is 0.513. The number of fused-ring (bicyclic) bond motifs is 1. The fraction of sp³-hybridized carbons (Fsp3) is 0.0870. The van der Waals surface area contributed by atoms with E-state index in [1.165, 1.54) is 5.56 Å². The molecule has 0 saturated carbocycles. The summed E-state index contributed by atoms with van der Waals surface area (Å²) in [5, 5.41) is 3.94. The summed E-state index contributed by atoms with van der Waals surface area (Å²) in [5.74, 6) is 0.576. The van der Waals surface area contributed by atoms with Crippen LogP contribution in [0.25, 0.3) is 22.3 Å². The van der Waals surface area contributed by atoms with Crippen molar-refractivity contribution in [3.8, 4) is 11.3 Å². The summed E-state index contributed by atoms with van der Waals surface area (Å²) in [5.41, 5.74) is 4.61. The second-order valence-electron chi connectivity index (χ2n) is 6.23. The van der Waals surface area contributed by atoms with Gasteiger partial charge in [0.05, 0.1) is 5.39 Å². The van der Waals surface area contributed by atoms with Crippen LogP contribution in [0.15, 0.2) is 88.1 Å². The predicted molar refractivity (Wildman–Crippen MR) is 107 cm³/mol. The Morgan fingerprint density at radius 2 is 1.58 bits per heavy atom. The smallest absolute Gasteiger partial charge is 0.193 e. The first kappa shape index (κ1) is 16.2. The second kappa shape index (κ2) is 6.89. The number of hydrogen-bond acceptors (Lipinski definition) is 3. The summed E-state index contributed by atoms with van der Waals surface area (Å²) < 4.78 is 6.00. The van der Waals surface area contributed by atoms with Gasteiger partial charge in [0, 0.05) is 29.1 Å². The molecule has 4 aromatic rings. The molecule has 1 heterocycles. The molecule has 1 aromatic heterocycles. The molecule has 0 spiro atoms. The molecule has 0 radical (unpaired) electrons. The van der Waals surface area contributed by atoms with Crippen molar-refractivity contribution in [1.82, 2.24) is 0 Å². The zero-order valence-corrected chi connectivity index (χ0v) is 14.5. The van der Waals surface area contributed by atoms with Crippen LogP contribution >= 0.6 is 0 Å². The van der Waals surface area contributed by atoms with Crippen LogP contribution in [0.2, 0.25) is 0 Å². The highest BCUT2D eigenvalue weighted by atomic mass is 16.3. The van der Waals surface area contributed by atoms with Gasteiger partial charge in [-0.3, -0.25) is 4.79 Å². The van der Waals surface area contributed by atoms with Gasteiger partial charge < -0.3 is 9.73 Å². The minimum absolute atomic E-state index is 0.0380. The van der Waals surface area contributed by atoms with E-state index in [2.05, 4.69) is 36.5 Å². The lowest BCUT2D eigenvalue weighted by Crippen LogP contribution is -2.01. The molecule has 1 N–H and O–H groups in total. The summed E-state index contributed by atoms with van der Waals surface area (Å²) in [4.78, 5) is 12.4. The van der Waals surface area contributed by atoms with E-state index in [-0.39, 0.29) is 5.43 Å². The third-order valence-electron chi connectivity index (χ3n) is 4.44. The van der Waals surface area contributed by atoms with Crippen LogP contribution in [0.4, 0.5) is 11.4 Å². The van der Waals surface area contributed by atoms with Gasteiger partial charge in [-0.1, -0.05) is 49.4 Å². The zero-order valence-electron chi connectivity index (χ0n) is 14.5. The van der Waals surface area contributed by atoms with E-state index in [4.69, 9.17) is 4.42 Å². The number of nitrogens with one attached hydrogen (secondary N) is 1. The van der Waals surface area contributed by atoms with E-state index in [1.807, 2.05) is 42.5 Å². The molecule has 0 amide bonds. The van der Waals surface area contributed by atoms with Crippen LogP contribution < -0.4 is 10.7 Å². The molecule has 3 nitrogen and oxygen atoms in total. The van der Waals surface area contributed by atoms with Crippen molar-refractivity contribution in [2.75, 3.05) is 5.32 Å². The van der Waals surface area contributed by atoms with Crippen LogP contribution in [-0.4, -0.2) is 0 Å². The molecule has 4 rings (SSSR count). The Morgan fingerprint density at radius 1 is 0.846 bits per heavy atom. The lowest BCUT2D eigenvalue weighted by Gasteiger charge is -2.09. The highest BCUT2D eigenvalue weighted by Gasteiger charge is 2.08. The number of hydrogen-bond donors (Lipinski definition) is 1. The van der Waals surface area contributed by atoms with Gasteiger partial charge in [-0.15, -0.1) is 0 Å². The predicted octanol–water partition coefficient (Wildman–Crippen LogP) is 5.77. The fourth-order valence-electron chi connectivity index (χ4n) is 2.97.